The van der Waals surface area contributed by atoms with E-state index < -0.39 is 0 Å². The Morgan fingerprint density at radius 3 is 2.80 bits per heavy atom. The second kappa shape index (κ2) is 6.12. The van der Waals surface area contributed by atoms with Gasteiger partial charge in [0, 0.05) is 24.1 Å². The van der Waals surface area contributed by atoms with Gasteiger partial charge in [-0.2, -0.15) is 5.10 Å². The summed E-state index contributed by atoms with van der Waals surface area (Å²) in [7, 11) is 0. The van der Waals surface area contributed by atoms with E-state index in [1.54, 1.807) is 0 Å². The highest BCUT2D eigenvalue weighted by Crippen LogP contribution is 2.30. The van der Waals surface area contributed by atoms with Crippen LogP contribution in [0, 0.1) is 5.92 Å². The highest BCUT2D eigenvalue weighted by molar-refractivity contribution is 5.45. The Morgan fingerprint density at radius 2 is 2.10 bits per heavy atom. The van der Waals surface area contributed by atoms with Crippen molar-refractivity contribution in [1.82, 2.24) is 9.78 Å². The third-order valence-electron chi connectivity index (χ3n) is 4.39. The van der Waals surface area contributed by atoms with Gasteiger partial charge in [-0.1, -0.05) is 31.9 Å². The van der Waals surface area contributed by atoms with E-state index in [0.29, 0.717) is 6.04 Å². The SMILES string of the molecule is CCC1CCCC1Nc1ccc(Cn2cccn2)cc1. The molecule has 0 bridgehead atoms. The van der Waals surface area contributed by atoms with Crippen LogP contribution >= 0.6 is 0 Å². The van der Waals surface area contributed by atoms with Gasteiger partial charge in [0.15, 0.2) is 0 Å². The van der Waals surface area contributed by atoms with Crippen molar-refractivity contribution >= 4 is 5.69 Å². The lowest BCUT2D eigenvalue weighted by atomic mass is 10.0. The summed E-state index contributed by atoms with van der Waals surface area (Å²) in [6, 6.07) is 11.4. The Balaban J connectivity index is 1.61. The van der Waals surface area contributed by atoms with Gasteiger partial charge < -0.3 is 5.32 Å². The Hall–Kier alpha value is -1.77. The molecule has 1 heterocycles. The summed E-state index contributed by atoms with van der Waals surface area (Å²) in [4.78, 5) is 0. The fourth-order valence-electron chi connectivity index (χ4n) is 3.22. The number of benzene rings is 1. The van der Waals surface area contributed by atoms with Crippen LogP contribution in [0.4, 0.5) is 5.69 Å². The molecule has 3 heteroatoms. The first-order valence-corrected chi connectivity index (χ1v) is 7.68. The van der Waals surface area contributed by atoms with Crippen LogP contribution in [0.5, 0.6) is 0 Å². The smallest absolute Gasteiger partial charge is 0.0659 e. The summed E-state index contributed by atoms with van der Waals surface area (Å²) >= 11 is 0. The zero-order valence-corrected chi connectivity index (χ0v) is 12.1. The van der Waals surface area contributed by atoms with E-state index in [0.717, 1.165) is 12.5 Å². The van der Waals surface area contributed by atoms with Crippen LogP contribution in [0.2, 0.25) is 0 Å². The summed E-state index contributed by atoms with van der Waals surface area (Å²) in [5.41, 5.74) is 2.54. The predicted molar refractivity (Wildman–Crippen MR) is 82.8 cm³/mol. The number of aromatic nitrogens is 2. The second-order valence-electron chi connectivity index (χ2n) is 5.75. The summed E-state index contributed by atoms with van der Waals surface area (Å²) in [6.45, 7) is 3.14. The lowest BCUT2D eigenvalue weighted by Crippen LogP contribution is -2.23. The molecule has 0 saturated heterocycles. The van der Waals surface area contributed by atoms with E-state index >= 15 is 0 Å². The lowest BCUT2D eigenvalue weighted by Gasteiger charge is -2.21. The molecule has 0 spiro atoms. The number of nitrogens with zero attached hydrogens (tertiary/aromatic N) is 2. The molecule has 1 N–H and O–H groups in total. The Labute approximate surface area is 121 Å². The fraction of sp³-hybridized carbons (Fsp3) is 0.471. The molecule has 1 fully saturated rings. The normalized spacial score (nSPS) is 22.1. The topological polar surface area (TPSA) is 29.9 Å². The molecule has 1 aromatic heterocycles. The Kier molecular flexibility index (Phi) is 4.05. The molecule has 0 aliphatic heterocycles. The van der Waals surface area contributed by atoms with Crippen LogP contribution in [0.3, 0.4) is 0 Å². The molecule has 1 aliphatic rings. The van der Waals surface area contributed by atoms with Crippen molar-refractivity contribution < 1.29 is 0 Å². The monoisotopic (exact) mass is 269 g/mol. The predicted octanol–water partition coefficient (Wildman–Crippen LogP) is 3.92. The minimum atomic E-state index is 0.664. The lowest BCUT2D eigenvalue weighted by molar-refractivity contribution is 0.489. The fourth-order valence-corrected chi connectivity index (χ4v) is 3.22. The molecular formula is C17H23N3. The Morgan fingerprint density at radius 1 is 1.25 bits per heavy atom. The van der Waals surface area contributed by atoms with Gasteiger partial charge in [0.1, 0.15) is 0 Å². The van der Waals surface area contributed by atoms with Crippen molar-refractivity contribution in [1.29, 1.82) is 0 Å². The first-order chi connectivity index (χ1) is 9.85. The maximum atomic E-state index is 4.24. The third kappa shape index (κ3) is 3.03. The van der Waals surface area contributed by atoms with Gasteiger partial charge in [0.05, 0.1) is 6.54 Å². The van der Waals surface area contributed by atoms with E-state index in [4.69, 9.17) is 0 Å². The maximum absolute atomic E-state index is 4.24. The van der Waals surface area contributed by atoms with E-state index in [-0.39, 0.29) is 0 Å². The van der Waals surface area contributed by atoms with Gasteiger partial charge in [-0.3, -0.25) is 4.68 Å². The van der Waals surface area contributed by atoms with Crippen molar-refractivity contribution in [2.45, 2.75) is 45.2 Å². The van der Waals surface area contributed by atoms with Crippen molar-refractivity contribution in [3.05, 3.63) is 48.3 Å². The summed E-state index contributed by atoms with van der Waals surface area (Å²) in [5.74, 6) is 0.846. The molecule has 1 aliphatic carbocycles. The van der Waals surface area contributed by atoms with Gasteiger partial charge >= 0.3 is 0 Å². The van der Waals surface area contributed by atoms with Gasteiger partial charge in [-0.25, -0.2) is 0 Å². The molecule has 1 aromatic carbocycles. The van der Waals surface area contributed by atoms with Crippen LogP contribution in [-0.2, 0) is 6.54 Å². The van der Waals surface area contributed by atoms with Crippen LogP contribution in [0.1, 0.15) is 38.2 Å². The van der Waals surface area contributed by atoms with Gasteiger partial charge in [0.2, 0.25) is 0 Å². The summed E-state index contributed by atoms with van der Waals surface area (Å²) in [5, 5.41) is 7.94. The number of hydrogen-bond donors (Lipinski definition) is 1. The highest BCUT2D eigenvalue weighted by Gasteiger charge is 2.25. The van der Waals surface area contributed by atoms with E-state index in [9.17, 15) is 0 Å². The molecule has 1 saturated carbocycles. The molecule has 2 unspecified atom stereocenters. The summed E-state index contributed by atoms with van der Waals surface area (Å²) in [6.07, 6.45) is 9.17. The quantitative estimate of drug-likeness (QED) is 0.891. The van der Waals surface area contributed by atoms with Crippen LogP contribution in [-0.4, -0.2) is 15.8 Å². The highest BCUT2D eigenvalue weighted by atomic mass is 15.3. The van der Waals surface area contributed by atoms with Gasteiger partial charge in [-0.15, -0.1) is 0 Å². The van der Waals surface area contributed by atoms with Crippen LogP contribution < -0.4 is 5.32 Å². The third-order valence-corrected chi connectivity index (χ3v) is 4.39. The molecule has 106 valence electrons. The molecule has 0 radical (unpaired) electrons. The van der Waals surface area contributed by atoms with Gasteiger partial charge in [0.25, 0.3) is 0 Å². The molecular weight excluding hydrogens is 246 g/mol. The minimum Gasteiger partial charge on any atom is -0.382 e. The molecule has 3 nitrogen and oxygen atoms in total. The van der Waals surface area contributed by atoms with Gasteiger partial charge in [-0.05, 0) is 42.5 Å². The maximum Gasteiger partial charge on any atom is 0.0659 e. The van der Waals surface area contributed by atoms with Crippen LogP contribution in [0.25, 0.3) is 0 Å². The number of rotatable bonds is 5. The zero-order valence-electron chi connectivity index (χ0n) is 12.1. The van der Waals surface area contributed by atoms with Crippen molar-refractivity contribution in [2.24, 2.45) is 5.92 Å². The van der Waals surface area contributed by atoms with Crippen LogP contribution in [0.15, 0.2) is 42.7 Å². The van der Waals surface area contributed by atoms with E-state index in [2.05, 4.69) is 41.6 Å². The van der Waals surface area contributed by atoms with E-state index in [1.165, 1.54) is 36.9 Å². The second-order valence-corrected chi connectivity index (χ2v) is 5.75. The standard InChI is InChI=1S/C17H23N3/c1-2-15-5-3-6-17(15)19-16-9-7-14(8-10-16)13-20-12-4-11-18-20/h4,7-12,15,17,19H,2-3,5-6,13H2,1H3. The summed E-state index contributed by atoms with van der Waals surface area (Å²) < 4.78 is 1.95. The molecule has 20 heavy (non-hydrogen) atoms. The number of anilines is 1. The van der Waals surface area contributed by atoms with Crippen molar-refractivity contribution in [3.63, 3.8) is 0 Å². The zero-order chi connectivity index (χ0) is 13.8. The first kappa shape index (κ1) is 13.2. The molecule has 2 atom stereocenters. The average Bonchev–Trinajstić information content (AvgIpc) is 3.12. The Bertz CT molecular complexity index is 516. The first-order valence-electron chi connectivity index (χ1n) is 7.68. The number of nitrogens with one attached hydrogen (secondary N) is 1. The van der Waals surface area contributed by atoms with E-state index in [1.807, 2.05) is 23.1 Å². The molecule has 3 rings (SSSR count). The average molecular weight is 269 g/mol. The minimum absolute atomic E-state index is 0.664. The van der Waals surface area contributed by atoms with Crippen molar-refractivity contribution in [3.8, 4) is 0 Å². The number of hydrogen-bond acceptors (Lipinski definition) is 2. The molecule has 0 amide bonds. The van der Waals surface area contributed by atoms with Crippen molar-refractivity contribution in [2.75, 3.05) is 5.32 Å². The largest absolute Gasteiger partial charge is 0.382 e. The molecule has 2 aromatic rings.